The molecule has 0 spiro atoms. The molecule has 3 aliphatic rings. The Morgan fingerprint density at radius 1 is 1.19 bits per heavy atom. The van der Waals surface area contributed by atoms with Gasteiger partial charge < -0.3 is 16.0 Å². The Hall–Kier alpha value is -0.610. The predicted molar refractivity (Wildman–Crippen MR) is 84.9 cm³/mol. The van der Waals surface area contributed by atoms with Gasteiger partial charge in [0.1, 0.15) is 0 Å². The molecule has 1 aliphatic heterocycles. The van der Waals surface area contributed by atoms with Crippen molar-refractivity contribution in [2.75, 3.05) is 13.1 Å². The molecular weight excluding hydrogens is 262 g/mol. The summed E-state index contributed by atoms with van der Waals surface area (Å²) in [7, 11) is 0. The van der Waals surface area contributed by atoms with E-state index in [0.29, 0.717) is 12.1 Å². The number of nitrogens with one attached hydrogen (secondary N) is 1. The number of nitrogens with two attached hydrogens (primary N) is 1. The van der Waals surface area contributed by atoms with Gasteiger partial charge in [-0.05, 0) is 63.3 Å². The van der Waals surface area contributed by atoms with Crippen LogP contribution in [0.5, 0.6) is 0 Å². The van der Waals surface area contributed by atoms with Crippen LogP contribution in [0.4, 0.5) is 0 Å². The number of rotatable bonds is 4. The van der Waals surface area contributed by atoms with Crippen molar-refractivity contribution in [1.29, 1.82) is 0 Å². The first kappa shape index (κ1) is 15.3. The Bertz CT molecular complexity index is 395. The van der Waals surface area contributed by atoms with E-state index in [4.69, 9.17) is 5.73 Å². The number of nitrogens with zero attached hydrogens (tertiary/aromatic N) is 1. The summed E-state index contributed by atoms with van der Waals surface area (Å²) in [6, 6.07) is 1.07. The Morgan fingerprint density at radius 3 is 2.57 bits per heavy atom. The van der Waals surface area contributed by atoms with Gasteiger partial charge in [0.2, 0.25) is 5.91 Å². The zero-order valence-corrected chi connectivity index (χ0v) is 13.6. The second kappa shape index (κ2) is 5.88. The average Bonchev–Trinajstić information content (AvgIpc) is 3.26. The van der Waals surface area contributed by atoms with Crippen molar-refractivity contribution in [3.05, 3.63) is 0 Å². The summed E-state index contributed by atoms with van der Waals surface area (Å²) in [5.41, 5.74) is 5.37. The van der Waals surface area contributed by atoms with Crippen molar-refractivity contribution in [2.24, 2.45) is 17.6 Å². The lowest BCUT2D eigenvalue weighted by molar-refractivity contribution is -0.127. The van der Waals surface area contributed by atoms with E-state index in [0.717, 1.165) is 31.1 Å². The lowest BCUT2D eigenvalue weighted by Crippen LogP contribution is -2.62. The number of carbonyl (C=O) groups is 1. The number of primary amides is 1. The average molecular weight is 293 g/mol. The molecule has 4 unspecified atom stereocenters. The highest BCUT2D eigenvalue weighted by Crippen LogP contribution is 2.36. The topological polar surface area (TPSA) is 58.4 Å². The number of hydrogen-bond donors (Lipinski definition) is 2. The van der Waals surface area contributed by atoms with Crippen molar-refractivity contribution in [3.8, 4) is 0 Å². The molecule has 3 fully saturated rings. The van der Waals surface area contributed by atoms with Crippen molar-refractivity contribution in [1.82, 2.24) is 10.2 Å². The molecule has 2 saturated carbocycles. The van der Waals surface area contributed by atoms with Gasteiger partial charge in [-0.3, -0.25) is 4.79 Å². The van der Waals surface area contributed by atoms with E-state index in [-0.39, 0.29) is 5.91 Å². The Labute approximate surface area is 128 Å². The van der Waals surface area contributed by atoms with Crippen LogP contribution in [0.1, 0.15) is 58.8 Å². The van der Waals surface area contributed by atoms with Gasteiger partial charge in [-0.25, -0.2) is 0 Å². The quantitative estimate of drug-likeness (QED) is 0.832. The lowest BCUT2D eigenvalue weighted by atomic mass is 9.76. The Morgan fingerprint density at radius 2 is 1.95 bits per heavy atom. The number of carbonyl (C=O) groups excluding carboxylic acids is 1. The molecule has 0 aromatic rings. The van der Waals surface area contributed by atoms with Gasteiger partial charge in [-0.1, -0.05) is 13.8 Å². The van der Waals surface area contributed by atoms with Gasteiger partial charge in [0.15, 0.2) is 0 Å². The summed E-state index contributed by atoms with van der Waals surface area (Å²) in [5, 5.41) is 3.59. The molecule has 3 N–H and O–H groups in total. The molecule has 1 heterocycles. The zero-order valence-electron chi connectivity index (χ0n) is 13.6. The monoisotopic (exact) mass is 293 g/mol. The molecule has 4 atom stereocenters. The van der Waals surface area contributed by atoms with E-state index in [9.17, 15) is 4.79 Å². The fourth-order valence-electron chi connectivity index (χ4n) is 4.23. The molecular formula is C17H31N3O. The summed E-state index contributed by atoms with van der Waals surface area (Å²) in [5.74, 6) is 1.47. The number of likely N-dealkylation sites (tertiary alicyclic amines) is 1. The summed E-state index contributed by atoms with van der Waals surface area (Å²) in [4.78, 5) is 14.8. The maximum atomic E-state index is 12.1. The molecule has 0 aromatic carbocycles. The highest BCUT2D eigenvalue weighted by atomic mass is 16.1. The van der Waals surface area contributed by atoms with E-state index < -0.39 is 5.54 Å². The lowest BCUT2D eigenvalue weighted by Gasteiger charge is -2.46. The standard InChI is InChI=1S/C17H31N3O/c1-12-7-9-20(11-13(12)2)15-4-3-8-17(10-15,16(18)21)19-14-5-6-14/h12-15,19H,3-11H2,1-2H3,(H2,18,21). The third-order valence-corrected chi connectivity index (χ3v) is 6.14. The molecule has 3 rings (SSSR count). The minimum Gasteiger partial charge on any atom is -0.368 e. The summed E-state index contributed by atoms with van der Waals surface area (Å²) in [6.07, 6.45) is 7.89. The van der Waals surface area contributed by atoms with Crippen molar-refractivity contribution in [3.63, 3.8) is 0 Å². The molecule has 4 heteroatoms. The van der Waals surface area contributed by atoms with Gasteiger partial charge in [0.25, 0.3) is 0 Å². The summed E-state index contributed by atoms with van der Waals surface area (Å²) in [6.45, 7) is 7.10. The van der Waals surface area contributed by atoms with Gasteiger partial charge >= 0.3 is 0 Å². The molecule has 21 heavy (non-hydrogen) atoms. The van der Waals surface area contributed by atoms with Gasteiger partial charge in [0, 0.05) is 18.6 Å². The van der Waals surface area contributed by atoms with Crippen LogP contribution in [0, 0.1) is 11.8 Å². The second-order valence-electron chi connectivity index (χ2n) is 7.85. The van der Waals surface area contributed by atoms with Crippen LogP contribution in [-0.2, 0) is 4.79 Å². The van der Waals surface area contributed by atoms with Crippen molar-refractivity contribution >= 4 is 5.91 Å². The minimum absolute atomic E-state index is 0.127. The normalized spacial score (nSPS) is 41.9. The number of piperidine rings is 1. The Kier molecular flexibility index (Phi) is 4.28. The third-order valence-electron chi connectivity index (χ3n) is 6.14. The van der Waals surface area contributed by atoms with Gasteiger partial charge in [-0.2, -0.15) is 0 Å². The summed E-state index contributed by atoms with van der Waals surface area (Å²) >= 11 is 0. The van der Waals surface area contributed by atoms with Crippen molar-refractivity contribution < 1.29 is 4.79 Å². The smallest absolute Gasteiger partial charge is 0.237 e. The van der Waals surface area contributed by atoms with Crippen molar-refractivity contribution in [2.45, 2.75) is 76.4 Å². The van der Waals surface area contributed by atoms with Crippen LogP contribution >= 0.6 is 0 Å². The summed E-state index contributed by atoms with van der Waals surface area (Å²) < 4.78 is 0. The molecule has 0 aromatic heterocycles. The highest BCUT2D eigenvalue weighted by molar-refractivity contribution is 5.85. The van der Waals surface area contributed by atoms with Crippen LogP contribution in [0.15, 0.2) is 0 Å². The first-order valence-electron chi connectivity index (χ1n) is 8.82. The highest BCUT2D eigenvalue weighted by Gasteiger charge is 2.46. The molecule has 4 nitrogen and oxygen atoms in total. The first-order chi connectivity index (χ1) is 10.00. The molecule has 1 saturated heterocycles. The van der Waals surface area contributed by atoms with Crippen LogP contribution < -0.4 is 11.1 Å². The molecule has 0 radical (unpaired) electrons. The van der Waals surface area contributed by atoms with Crippen LogP contribution in [-0.4, -0.2) is 41.5 Å². The van der Waals surface area contributed by atoms with E-state index in [1.54, 1.807) is 0 Å². The minimum atomic E-state index is -0.434. The third kappa shape index (κ3) is 3.26. The fourth-order valence-corrected chi connectivity index (χ4v) is 4.23. The number of hydrogen-bond acceptors (Lipinski definition) is 3. The fraction of sp³-hybridized carbons (Fsp3) is 0.941. The maximum absolute atomic E-state index is 12.1. The molecule has 0 bridgehead atoms. The van der Waals surface area contributed by atoms with E-state index in [1.807, 2.05) is 0 Å². The molecule has 1 amide bonds. The zero-order chi connectivity index (χ0) is 15.0. The van der Waals surface area contributed by atoms with E-state index >= 15 is 0 Å². The van der Waals surface area contributed by atoms with Crippen LogP contribution in [0.3, 0.4) is 0 Å². The largest absolute Gasteiger partial charge is 0.368 e. The predicted octanol–water partition coefficient (Wildman–Crippen LogP) is 1.88. The van der Waals surface area contributed by atoms with E-state index in [1.165, 1.54) is 38.8 Å². The van der Waals surface area contributed by atoms with E-state index in [2.05, 4.69) is 24.1 Å². The molecule has 120 valence electrons. The number of amides is 1. The molecule has 2 aliphatic carbocycles. The first-order valence-corrected chi connectivity index (χ1v) is 8.82. The van der Waals surface area contributed by atoms with Crippen LogP contribution in [0.2, 0.25) is 0 Å². The maximum Gasteiger partial charge on any atom is 0.237 e. The van der Waals surface area contributed by atoms with Gasteiger partial charge in [-0.15, -0.1) is 0 Å². The second-order valence-corrected chi connectivity index (χ2v) is 7.85. The van der Waals surface area contributed by atoms with Gasteiger partial charge in [0.05, 0.1) is 5.54 Å². The Balaban J connectivity index is 1.67. The van der Waals surface area contributed by atoms with Crippen LogP contribution in [0.25, 0.3) is 0 Å². The SMILES string of the molecule is CC1CCN(C2CCCC(NC3CC3)(C(N)=O)C2)CC1C.